The summed E-state index contributed by atoms with van der Waals surface area (Å²) >= 11 is 6.53. The summed E-state index contributed by atoms with van der Waals surface area (Å²) in [5, 5.41) is 2.83. The Labute approximate surface area is 193 Å². The summed E-state index contributed by atoms with van der Waals surface area (Å²) in [6, 6.07) is 5.20. The number of nitrogens with one attached hydrogen (secondary N) is 1. The molecule has 2 aliphatic rings. The number of thiocarbonyl (C=S) groups is 1. The Morgan fingerprint density at radius 2 is 2.03 bits per heavy atom. The fourth-order valence-corrected chi connectivity index (χ4v) is 5.28. The van der Waals surface area contributed by atoms with Gasteiger partial charge in [-0.1, -0.05) is 0 Å². The number of anilines is 1. The molecule has 0 saturated carbocycles. The SMILES string of the molecule is CCOC(=O)c1c(N=CC2C(=O)NC(=S)N(c3ccc(F)cc3)C2=O)sc2c1CCCC2. The molecule has 2 heterocycles. The lowest BCUT2D eigenvalue weighted by Gasteiger charge is -2.30. The molecule has 1 aliphatic carbocycles. The van der Waals surface area contributed by atoms with Crippen LogP contribution in [-0.4, -0.2) is 35.7 Å². The Morgan fingerprint density at radius 3 is 2.75 bits per heavy atom. The molecule has 0 radical (unpaired) electrons. The van der Waals surface area contributed by atoms with Gasteiger partial charge in [0.2, 0.25) is 5.91 Å². The molecule has 1 aromatic heterocycles. The van der Waals surface area contributed by atoms with E-state index in [1.807, 2.05) is 0 Å². The van der Waals surface area contributed by atoms with E-state index in [2.05, 4.69) is 10.3 Å². The molecular weight excluding hydrogens is 453 g/mol. The van der Waals surface area contributed by atoms with Gasteiger partial charge in [-0.2, -0.15) is 0 Å². The minimum Gasteiger partial charge on any atom is -0.462 e. The first kappa shape index (κ1) is 22.2. The molecule has 1 aliphatic heterocycles. The lowest BCUT2D eigenvalue weighted by molar-refractivity contribution is -0.130. The van der Waals surface area contributed by atoms with Crippen molar-refractivity contribution >= 4 is 63.4 Å². The molecule has 0 spiro atoms. The van der Waals surface area contributed by atoms with Gasteiger partial charge >= 0.3 is 5.97 Å². The number of rotatable bonds is 5. The van der Waals surface area contributed by atoms with Crippen LogP contribution in [0.15, 0.2) is 29.3 Å². The highest BCUT2D eigenvalue weighted by Gasteiger charge is 2.38. The smallest absolute Gasteiger partial charge is 0.341 e. The van der Waals surface area contributed by atoms with Crippen molar-refractivity contribution in [1.29, 1.82) is 0 Å². The Kier molecular flexibility index (Phi) is 6.43. The van der Waals surface area contributed by atoms with E-state index in [1.165, 1.54) is 41.8 Å². The second-order valence-electron chi connectivity index (χ2n) is 7.31. The summed E-state index contributed by atoms with van der Waals surface area (Å²) in [7, 11) is 0. The Morgan fingerprint density at radius 1 is 1.31 bits per heavy atom. The number of fused-ring (bicyclic) bond motifs is 1. The first-order valence-electron chi connectivity index (χ1n) is 10.2. The van der Waals surface area contributed by atoms with Crippen molar-refractivity contribution in [2.75, 3.05) is 11.5 Å². The van der Waals surface area contributed by atoms with Gasteiger partial charge in [-0.25, -0.2) is 14.2 Å². The largest absolute Gasteiger partial charge is 0.462 e. The normalized spacial score (nSPS) is 18.6. The van der Waals surface area contributed by atoms with Crippen LogP contribution in [0.2, 0.25) is 0 Å². The van der Waals surface area contributed by atoms with Crippen molar-refractivity contribution in [3.63, 3.8) is 0 Å². The number of aryl methyl sites for hydroxylation is 1. The van der Waals surface area contributed by atoms with E-state index in [1.54, 1.807) is 6.92 Å². The summed E-state index contributed by atoms with van der Waals surface area (Å²) in [5.41, 5.74) is 1.69. The average molecular weight is 474 g/mol. The summed E-state index contributed by atoms with van der Waals surface area (Å²) in [4.78, 5) is 44.8. The zero-order valence-electron chi connectivity index (χ0n) is 17.2. The van der Waals surface area contributed by atoms with Crippen molar-refractivity contribution in [2.24, 2.45) is 10.9 Å². The van der Waals surface area contributed by atoms with Crippen LogP contribution in [0.25, 0.3) is 0 Å². The third-order valence-corrected chi connectivity index (χ3v) is 6.74. The number of ether oxygens (including phenoxy) is 1. The third kappa shape index (κ3) is 4.20. The lowest BCUT2D eigenvalue weighted by Crippen LogP contribution is -2.58. The van der Waals surface area contributed by atoms with E-state index >= 15 is 0 Å². The van der Waals surface area contributed by atoms with Gasteiger partial charge < -0.3 is 10.1 Å². The van der Waals surface area contributed by atoms with Crippen LogP contribution in [-0.2, 0) is 27.2 Å². The Balaban J connectivity index is 1.66. The standard InChI is InChI=1S/C22H20FN3O4S2/c1-2-30-21(29)17-14-5-3-4-6-16(14)32-19(17)24-11-15-18(27)25-22(31)26(20(15)28)13-9-7-12(23)8-10-13/h7-11,15H,2-6H2,1H3,(H,25,27,31). The monoisotopic (exact) mass is 473 g/mol. The molecule has 1 saturated heterocycles. The van der Waals surface area contributed by atoms with Gasteiger partial charge in [0, 0.05) is 11.1 Å². The topological polar surface area (TPSA) is 88.1 Å². The van der Waals surface area contributed by atoms with Crippen molar-refractivity contribution in [3.8, 4) is 0 Å². The molecular formula is C22H20FN3O4S2. The van der Waals surface area contributed by atoms with Crippen LogP contribution in [0.4, 0.5) is 15.1 Å². The van der Waals surface area contributed by atoms with E-state index in [4.69, 9.17) is 17.0 Å². The van der Waals surface area contributed by atoms with E-state index < -0.39 is 29.5 Å². The highest BCUT2D eigenvalue weighted by Crippen LogP contribution is 2.40. The minimum atomic E-state index is -1.25. The molecule has 2 aromatic rings. The van der Waals surface area contributed by atoms with Gasteiger partial charge in [0.1, 0.15) is 10.8 Å². The molecule has 1 unspecified atom stereocenters. The number of esters is 1. The highest BCUT2D eigenvalue weighted by atomic mass is 32.1. The van der Waals surface area contributed by atoms with Crippen molar-refractivity contribution in [1.82, 2.24) is 5.32 Å². The molecule has 2 amide bonds. The second kappa shape index (κ2) is 9.25. The maximum absolute atomic E-state index is 13.3. The number of carbonyl (C=O) groups is 3. The van der Waals surface area contributed by atoms with Crippen LogP contribution in [0.5, 0.6) is 0 Å². The first-order valence-corrected chi connectivity index (χ1v) is 11.4. The third-order valence-electron chi connectivity index (χ3n) is 5.26. The quantitative estimate of drug-likeness (QED) is 0.310. The molecule has 1 aromatic carbocycles. The number of nitrogens with zero attached hydrogens (tertiary/aromatic N) is 2. The predicted octanol–water partition coefficient (Wildman–Crippen LogP) is 3.71. The van der Waals surface area contributed by atoms with Crippen LogP contribution in [0.1, 0.15) is 40.6 Å². The first-order chi connectivity index (χ1) is 15.4. The van der Waals surface area contributed by atoms with E-state index in [0.717, 1.165) is 41.0 Å². The van der Waals surface area contributed by atoms with Crippen LogP contribution >= 0.6 is 23.6 Å². The summed E-state index contributed by atoms with van der Waals surface area (Å²) in [6.45, 7) is 1.97. The number of amides is 2. The number of hydrogen-bond acceptors (Lipinski definition) is 7. The van der Waals surface area contributed by atoms with Crippen LogP contribution in [0.3, 0.4) is 0 Å². The molecule has 32 heavy (non-hydrogen) atoms. The lowest BCUT2D eigenvalue weighted by atomic mass is 9.95. The molecule has 0 bridgehead atoms. The van der Waals surface area contributed by atoms with Gasteiger partial charge in [0.05, 0.1) is 17.9 Å². The molecule has 1 atom stereocenters. The number of thiophene rings is 1. The number of halogens is 1. The molecule has 7 nitrogen and oxygen atoms in total. The Hall–Kier alpha value is -2.98. The second-order valence-corrected chi connectivity index (χ2v) is 8.78. The number of carbonyl (C=O) groups excluding carboxylic acids is 3. The van der Waals surface area contributed by atoms with Gasteiger partial charge in [0.25, 0.3) is 5.91 Å². The molecule has 1 fully saturated rings. The minimum absolute atomic E-state index is 0.0879. The predicted molar refractivity (Wildman–Crippen MR) is 123 cm³/mol. The van der Waals surface area contributed by atoms with Crippen molar-refractivity contribution in [2.45, 2.75) is 32.6 Å². The van der Waals surface area contributed by atoms with E-state index in [9.17, 15) is 18.8 Å². The van der Waals surface area contributed by atoms with Gasteiger partial charge in [-0.3, -0.25) is 14.5 Å². The van der Waals surface area contributed by atoms with Gasteiger partial charge in [-0.15, -0.1) is 11.3 Å². The Bertz CT molecular complexity index is 1130. The van der Waals surface area contributed by atoms with E-state index in [0.29, 0.717) is 16.3 Å². The number of hydrogen-bond donors (Lipinski definition) is 1. The summed E-state index contributed by atoms with van der Waals surface area (Å²) in [5.74, 6) is -3.37. The average Bonchev–Trinajstić information content (AvgIpc) is 3.13. The van der Waals surface area contributed by atoms with Gasteiger partial charge in [0.15, 0.2) is 11.0 Å². The number of benzene rings is 1. The maximum Gasteiger partial charge on any atom is 0.341 e. The summed E-state index contributed by atoms with van der Waals surface area (Å²) in [6.07, 6.45) is 4.87. The summed E-state index contributed by atoms with van der Waals surface area (Å²) < 4.78 is 18.5. The van der Waals surface area contributed by atoms with Crippen LogP contribution < -0.4 is 10.2 Å². The van der Waals surface area contributed by atoms with Crippen LogP contribution in [0, 0.1) is 11.7 Å². The fraction of sp³-hybridized carbons (Fsp3) is 0.318. The maximum atomic E-state index is 13.3. The molecule has 166 valence electrons. The highest BCUT2D eigenvalue weighted by molar-refractivity contribution is 7.80. The van der Waals surface area contributed by atoms with E-state index in [-0.39, 0.29) is 11.7 Å². The molecule has 4 rings (SSSR count). The van der Waals surface area contributed by atoms with Gasteiger partial charge in [-0.05, 0) is 74.7 Å². The number of aliphatic imine (C=N–C) groups is 1. The van der Waals surface area contributed by atoms with Crippen molar-refractivity contribution < 1.29 is 23.5 Å². The zero-order chi connectivity index (χ0) is 22.8. The molecule has 10 heteroatoms. The van der Waals surface area contributed by atoms with Crippen molar-refractivity contribution in [3.05, 3.63) is 46.1 Å². The zero-order valence-corrected chi connectivity index (χ0v) is 18.9. The molecule has 1 N–H and O–H groups in total. The fourth-order valence-electron chi connectivity index (χ4n) is 3.75.